The second-order valence-corrected chi connectivity index (χ2v) is 9.91. The van der Waals surface area contributed by atoms with E-state index < -0.39 is 48.4 Å². The molecule has 0 saturated heterocycles. The van der Waals surface area contributed by atoms with Crippen LogP contribution in [0.1, 0.15) is 56.4 Å². The van der Waals surface area contributed by atoms with E-state index in [-0.39, 0.29) is 16.3 Å². The van der Waals surface area contributed by atoms with Crippen LogP contribution in [0.15, 0.2) is 53.5 Å². The summed E-state index contributed by atoms with van der Waals surface area (Å²) < 4.78 is 75.9. The summed E-state index contributed by atoms with van der Waals surface area (Å²) in [6.45, 7) is 5.25. The molecule has 0 aliphatic rings. The molecule has 1 atom stereocenters. The van der Waals surface area contributed by atoms with Crippen molar-refractivity contribution in [3.63, 3.8) is 0 Å². The van der Waals surface area contributed by atoms with Crippen molar-refractivity contribution in [1.29, 1.82) is 0 Å². The van der Waals surface area contributed by atoms with Crippen LogP contribution in [0.3, 0.4) is 0 Å². The lowest BCUT2D eigenvalue weighted by atomic mass is 10.00. The number of benzene rings is 2. The summed E-state index contributed by atoms with van der Waals surface area (Å²) in [6.07, 6.45) is -1.49. The van der Waals surface area contributed by atoms with Gasteiger partial charge in [0.1, 0.15) is 34.6 Å². The van der Waals surface area contributed by atoms with Crippen LogP contribution >= 0.6 is 0 Å². The predicted molar refractivity (Wildman–Crippen MR) is 157 cm³/mol. The standard InChI is InChI=1S/C31H35F5N4O3/c1-6-8-19(4)38-28-18(3)13-21(14-27(28)43-5)24(7-2)37-16-23(31(34,35)36)25-15-26(40(42)17-32)30(41)29(39-25)20-9-11-22(33)12-10-20/h7,9-15,23,37,41-42H,6,8,16-17H2,1-5H3. The number of aliphatic imine (C=N–C) groups is 1. The molecule has 0 radical (unpaired) electrons. The van der Waals surface area contributed by atoms with Crippen molar-refractivity contribution in [2.24, 2.45) is 4.99 Å². The van der Waals surface area contributed by atoms with Crippen molar-refractivity contribution >= 4 is 22.8 Å². The second-order valence-electron chi connectivity index (χ2n) is 9.91. The van der Waals surface area contributed by atoms with Gasteiger partial charge in [0.2, 0.25) is 0 Å². The molecular weight excluding hydrogens is 571 g/mol. The van der Waals surface area contributed by atoms with Crippen molar-refractivity contribution < 1.29 is 37.0 Å². The number of halogens is 5. The average Bonchev–Trinajstić information content (AvgIpc) is 2.96. The van der Waals surface area contributed by atoms with Gasteiger partial charge in [-0.1, -0.05) is 19.4 Å². The number of rotatable bonds is 12. The zero-order valence-electron chi connectivity index (χ0n) is 24.6. The van der Waals surface area contributed by atoms with Crippen molar-refractivity contribution in [3.8, 4) is 22.8 Å². The number of hydroxylamine groups is 1. The second kappa shape index (κ2) is 14.3. The number of aryl methyl sites for hydroxylation is 1. The van der Waals surface area contributed by atoms with Crippen LogP contribution in [0.5, 0.6) is 11.5 Å². The Bertz CT molecular complexity index is 1470. The Morgan fingerprint density at radius 2 is 1.86 bits per heavy atom. The van der Waals surface area contributed by atoms with Crippen molar-refractivity contribution in [3.05, 3.63) is 71.2 Å². The third-order valence-electron chi connectivity index (χ3n) is 6.75. The van der Waals surface area contributed by atoms with Gasteiger partial charge in [0.25, 0.3) is 0 Å². The van der Waals surface area contributed by atoms with Crippen LogP contribution in [-0.2, 0) is 0 Å². The molecule has 0 bridgehead atoms. The van der Waals surface area contributed by atoms with Gasteiger partial charge in [-0.2, -0.15) is 13.2 Å². The summed E-state index contributed by atoms with van der Waals surface area (Å²) in [5, 5.41) is 23.5. The summed E-state index contributed by atoms with van der Waals surface area (Å²) in [4.78, 5) is 8.71. The molecule has 1 heterocycles. The fourth-order valence-corrected chi connectivity index (χ4v) is 4.57. The Hall–Kier alpha value is -4.19. The van der Waals surface area contributed by atoms with Gasteiger partial charge >= 0.3 is 6.18 Å². The number of hydrogen-bond acceptors (Lipinski definition) is 7. The lowest BCUT2D eigenvalue weighted by molar-refractivity contribution is -0.149. The largest absolute Gasteiger partial charge is 0.504 e. The quantitative estimate of drug-likeness (QED) is 0.0833. The van der Waals surface area contributed by atoms with E-state index in [4.69, 9.17) is 4.74 Å². The third-order valence-corrected chi connectivity index (χ3v) is 6.75. The smallest absolute Gasteiger partial charge is 0.398 e. The maximum absolute atomic E-state index is 14.5. The minimum absolute atomic E-state index is 0.0346. The monoisotopic (exact) mass is 606 g/mol. The first-order valence-corrected chi connectivity index (χ1v) is 13.6. The van der Waals surface area contributed by atoms with E-state index in [0.29, 0.717) is 22.7 Å². The number of aromatic hydroxyl groups is 1. The summed E-state index contributed by atoms with van der Waals surface area (Å²) in [6, 6.07) is 8.73. The Morgan fingerprint density at radius 1 is 1.19 bits per heavy atom. The molecule has 1 unspecified atom stereocenters. The topological polar surface area (TPSA) is 90.2 Å². The Balaban J connectivity index is 2.04. The first-order chi connectivity index (χ1) is 20.3. The zero-order chi connectivity index (χ0) is 31.9. The molecule has 3 rings (SSSR count). The lowest BCUT2D eigenvalue weighted by Crippen LogP contribution is -2.32. The fourth-order valence-electron chi connectivity index (χ4n) is 4.57. The van der Waals surface area contributed by atoms with Gasteiger partial charge in [0.05, 0.1) is 12.8 Å². The fraction of sp³-hybridized carbons (Fsp3) is 0.355. The van der Waals surface area contributed by atoms with E-state index in [9.17, 15) is 32.3 Å². The molecule has 3 aromatic rings. The molecule has 2 aromatic carbocycles. The van der Waals surface area contributed by atoms with Crippen molar-refractivity contribution in [2.75, 3.05) is 25.5 Å². The third kappa shape index (κ3) is 8.01. The molecule has 0 amide bonds. The van der Waals surface area contributed by atoms with E-state index in [2.05, 4.69) is 15.3 Å². The average molecular weight is 607 g/mol. The van der Waals surface area contributed by atoms with Crippen LogP contribution in [-0.4, -0.2) is 47.6 Å². The van der Waals surface area contributed by atoms with Crippen LogP contribution in [0.25, 0.3) is 17.0 Å². The van der Waals surface area contributed by atoms with Gasteiger partial charge in [0, 0.05) is 29.1 Å². The number of aromatic nitrogens is 1. The molecular formula is C31H35F5N4O3. The molecule has 232 valence electrons. The van der Waals surface area contributed by atoms with Crippen molar-refractivity contribution in [1.82, 2.24) is 10.3 Å². The number of allylic oxidation sites excluding steroid dienone is 1. The number of alkyl halides is 4. The molecule has 0 spiro atoms. The van der Waals surface area contributed by atoms with Gasteiger partial charge < -0.3 is 15.2 Å². The summed E-state index contributed by atoms with van der Waals surface area (Å²) in [5.74, 6) is -3.18. The Kier molecular flexibility index (Phi) is 11.1. The van der Waals surface area contributed by atoms with Crippen LogP contribution in [0.2, 0.25) is 0 Å². The molecule has 0 saturated carbocycles. The number of nitrogens with one attached hydrogen (secondary N) is 1. The first-order valence-electron chi connectivity index (χ1n) is 13.6. The molecule has 0 fully saturated rings. The van der Waals surface area contributed by atoms with Crippen LogP contribution in [0, 0.1) is 12.7 Å². The summed E-state index contributed by atoms with van der Waals surface area (Å²) in [7, 11) is 1.49. The van der Waals surface area contributed by atoms with Gasteiger partial charge in [-0.05, 0) is 75.2 Å². The minimum Gasteiger partial charge on any atom is -0.504 e. The summed E-state index contributed by atoms with van der Waals surface area (Å²) >= 11 is 0. The van der Waals surface area contributed by atoms with E-state index in [1.54, 1.807) is 25.1 Å². The van der Waals surface area contributed by atoms with Gasteiger partial charge in [0.15, 0.2) is 12.5 Å². The highest BCUT2D eigenvalue weighted by molar-refractivity contribution is 5.86. The normalized spacial score (nSPS) is 13.2. The first kappa shape index (κ1) is 33.3. The van der Waals surface area contributed by atoms with Crippen LogP contribution < -0.4 is 15.1 Å². The Morgan fingerprint density at radius 3 is 2.42 bits per heavy atom. The highest BCUT2D eigenvalue weighted by Gasteiger charge is 2.42. The number of methoxy groups -OCH3 is 1. The van der Waals surface area contributed by atoms with Gasteiger partial charge in [-0.25, -0.2) is 18.8 Å². The molecule has 0 aliphatic heterocycles. The molecule has 3 N–H and O–H groups in total. The van der Waals surface area contributed by atoms with E-state index in [1.165, 1.54) is 19.2 Å². The van der Waals surface area contributed by atoms with Gasteiger partial charge in [-0.3, -0.25) is 10.2 Å². The van der Waals surface area contributed by atoms with Crippen LogP contribution in [0.4, 0.5) is 33.3 Å². The maximum atomic E-state index is 14.5. The summed E-state index contributed by atoms with van der Waals surface area (Å²) in [5.41, 5.74) is 1.73. The minimum atomic E-state index is -4.84. The van der Waals surface area contributed by atoms with E-state index in [0.717, 1.165) is 42.3 Å². The predicted octanol–water partition coefficient (Wildman–Crippen LogP) is 8.22. The number of pyridine rings is 1. The molecule has 12 heteroatoms. The number of nitrogens with zero attached hydrogens (tertiary/aromatic N) is 3. The molecule has 7 nitrogen and oxygen atoms in total. The van der Waals surface area contributed by atoms with Gasteiger partial charge in [-0.15, -0.1) is 0 Å². The maximum Gasteiger partial charge on any atom is 0.398 e. The SMILES string of the molecule is CC=C(NCC(c1cc(N(O)CF)c(O)c(-c2ccc(F)cc2)n1)C(F)(F)F)c1cc(C)c(N=C(C)CCC)c(OC)c1. The number of hydrogen-bond donors (Lipinski definition) is 3. The number of ether oxygens (including phenoxy) is 1. The number of anilines is 1. The van der Waals surface area contributed by atoms with E-state index in [1.807, 2.05) is 20.8 Å². The molecule has 1 aromatic heterocycles. The zero-order valence-corrected chi connectivity index (χ0v) is 24.6. The van der Waals surface area contributed by atoms with E-state index >= 15 is 0 Å². The lowest BCUT2D eigenvalue weighted by Gasteiger charge is -2.25. The molecule has 43 heavy (non-hydrogen) atoms. The highest BCUT2D eigenvalue weighted by atomic mass is 19.4. The molecule has 0 aliphatic carbocycles. The van der Waals surface area contributed by atoms with Crippen molar-refractivity contribution in [2.45, 2.75) is 52.6 Å². The highest BCUT2D eigenvalue weighted by Crippen LogP contribution is 2.42. The Labute approximate surface area is 247 Å².